The van der Waals surface area contributed by atoms with Gasteiger partial charge in [0.25, 0.3) is 0 Å². The summed E-state index contributed by atoms with van der Waals surface area (Å²) in [6.45, 7) is 5.13. The van der Waals surface area contributed by atoms with Crippen molar-refractivity contribution in [3.63, 3.8) is 0 Å². The minimum atomic E-state index is -3.54. The Labute approximate surface area is 214 Å². The van der Waals surface area contributed by atoms with Crippen LogP contribution in [0.5, 0.6) is 0 Å². The molecule has 4 aromatic rings. The van der Waals surface area contributed by atoms with Crippen LogP contribution in [0.2, 0.25) is 0 Å². The van der Waals surface area contributed by atoms with Crippen molar-refractivity contribution in [2.75, 3.05) is 6.54 Å². The van der Waals surface area contributed by atoms with Crippen molar-refractivity contribution in [3.05, 3.63) is 54.1 Å². The van der Waals surface area contributed by atoms with Gasteiger partial charge in [-0.15, -0.1) is 0 Å². The van der Waals surface area contributed by atoms with Crippen molar-refractivity contribution in [1.82, 2.24) is 29.0 Å². The molecule has 1 saturated carbocycles. The molecule has 1 aliphatic carbocycles. The average molecular weight is 523 g/mol. The van der Waals surface area contributed by atoms with Crippen LogP contribution in [0.1, 0.15) is 57.5 Å². The van der Waals surface area contributed by atoms with E-state index in [1.807, 2.05) is 34.7 Å². The second-order valence-corrected chi connectivity index (χ2v) is 12.8. The molecule has 1 aliphatic heterocycles. The quantitative estimate of drug-likeness (QED) is 0.357. The van der Waals surface area contributed by atoms with Gasteiger partial charge < -0.3 is 15.4 Å². The van der Waals surface area contributed by atoms with Gasteiger partial charge in [0.05, 0.1) is 39.8 Å². The number of H-pyrrole nitrogens is 1. The van der Waals surface area contributed by atoms with Crippen LogP contribution in [0.25, 0.3) is 27.9 Å². The normalized spacial score (nSPS) is 21.2. The van der Waals surface area contributed by atoms with Crippen LogP contribution in [0, 0.1) is 0 Å². The van der Waals surface area contributed by atoms with Gasteiger partial charge in [0.15, 0.2) is 5.65 Å². The number of amides is 1. The summed E-state index contributed by atoms with van der Waals surface area (Å²) >= 11 is 0. The highest BCUT2D eigenvalue weighted by atomic mass is 32.2. The molecule has 4 heterocycles. The van der Waals surface area contributed by atoms with E-state index < -0.39 is 21.7 Å². The van der Waals surface area contributed by atoms with Gasteiger partial charge in [-0.05, 0) is 44.7 Å². The first kappa shape index (κ1) is 24.1. The number of hydrogen-bond acceptors (Lipinski definition) is 6. The Hall–Kier alpha value is -3.28. The monoisotopic (exact) mass is 522 g/mol. The van der Waals surface area contributed by atoms with Crippen molar-refractivity contribution in [2.45, 2.75) is 63.0 Å². The Morgan fingerprint density at radius 3 is 2.54 bits per heavy atom. The lowest BCUT2D eigenvalue weighted by Gasteiger charge is -2.23. The number of fused-ring (bicyclic) bond motifs is 3. The Morgan fingerprint density at radius 2 is 1.89 bits per heavy atom. The van der Waals surface area contributed by atoms with Crippen molar-refractivity contribution < 1.29 is 18.3 Å². The van der Waals surface area contributed by atoms with Crippen LogP contribution in [-0.4, -0.2) is 60.9 Å². The first-order valence-corrected chi connectivity index (χ1v) is 14.0. The molecule has 0 spiro atoms. The molecule has 0 unspecified atom stereocenters. The molecular formula is C26H30N6O4S. The van der Waals surface area contributed by atoms with Gasteiger partial charge in [0.2, 0.25) is 15.9 Å². The molecule has 2 aliphatic rings. The lowest BCUT2D eigenvalue weighted by Crippen LogP contribution is -2.39. The van der Waals surface area contributed by atoms with E-state index in [9.17, 15) is 18.3 Å². The smallest absolute Gasteiger partial charge is 0.217 e. The average Bonchev–Trinajstić information content (AvgIpc) is 3.28. The molecule has 1 aromatic carbocycles. The number of benzene rings is 1. The van der Waals surface area contributed by atoms with Crippen LogP contribution < -0.4 is 5.32 Å². The molecule has 1 saturated heterocycles. The summed E-state index contributed by atoms with van der Waals surface area (Å²) in [5, 5.41) is 12.9. The molecule has 6 rings (SSSR count). The zero-order chi connectivity index (χ0) is 26.1. The van der Waals surface area contributed by atoms with E-state index >= 15 is 0 Å². The second-order valence-electron chi connectivity index (χ2n) is 10.6. The molecule has 11 heteroatoms. The summed E-state index contributed by atoms with van der Waals surface area (Å²) in [6.07, 6.45) is 5.28. The summed E-state index contributed by atoms with van der Waals surface area (Å²) < 4.78 is 30.5. The summed E-state index contributed by atoms with van der Waals surface area (Å²) in [5.41, 5.74) is 3.54. The summed E-state index contributed by atoms with van der Waals surface area (Å²) in [7, 11) is -3.54. The number of nitrogens with one attached hydrogen (secondary N) is 2. The van der Waals surface area contributed by atoms with Gasteiger partial charge in [-0.2, -0.15) is 4.31 Å². The maximum absolute atomic E-state index is 13.5. The molecule has 0 radical (unpaired) electrons. The third kappa shape index (κ3) is 4.11. The Kier molecular flexibility index (Phi) is 5.45. The van der Waals surface area contributed by atoms with Crippen LogP contribution in [0.4, 0.5) is 0 Å². The van der Waals surface area contributed by atoms with Crippen molar-refractivity contribution in [2.24, 2.45) is 0 Å². The van der Waals surface area contributed by atoms with Crippen LogP contribution in [-0.2, 0) is 20.4 Å². The van der Waals surface area contributed by atoms with Crippen LogP contribution in [0.3, 0.4) is 0 Å². The van der Waals surface area contributed by atoms with Gasteiger partial charge in [0.1, 0.15) is 5.82 Å². The van der Waals surface area contributed by atoms with E-state index in [4.69, 9.17) is 4.98 Å². The molecule has 37 heavy (non-hydrogen) atoms. The highest BCUT2D eigenvalue weighted by Crippen LogP contribution is 2.42. The topological polar surface area (TPSA) is 133 Å². The summed E-state index contributed by atoms with van der Waals surface area (Å²) in [4.78, 5) is 24.6. The van der Waals surface area contributed by atoms with Crippen molar-refractivity contribution in [1.29, 1.82) is 0 Å². The SMILES string of the molecule is CC(=O)N[C@@H]1C[C@H](c2nc(-c3ccc(C(C)(C)O)cc3)c3cnc4[nH]ccc4n23)N(S(=O)(=O)C2CC2)C1. The minimum Gasteiger partial charge on any atom is -0.386 e. The van der Waals surface area contributed by atoms with E-state index in [0.717, 1.165) is 22.2 Å². The third-order valence-corrected chi connectivity index (χ3v) is 9.67. The number of rotatable bonds is 6. The van der Waals surface area contributed by atoms with E-state index in [1.165, 1.54) is 6.92 Å². The Bertz CT molecular complexity index is 1610. The summed E-state index contributed by atoms with van der Waals surface area (Å²) in [5.74, 6) is 0.410. The van der Waals surface area contributed by atoms with Gasteiger partial charge >= 0.3 is 0 Å². The highest BCUT2D eigenvalue weighted by Gasteiger charge is 2.49. The highest BCUT2D eigenvalue weighted by molar-refractivity contribution is 7.90. The number of sulfonamides is 1. The molecular weight excluding hydrogens is 492 g/mol. The predicted molar refractivity (Wildman–Crippen MR) is 139 cm³/mol. The van der Waals surface area contributed by atoms with E-state index in [1.54, 1.807) is 30.5 Å². The minimum absolute atomic E-state index is 0.188. The van der Waals surface area contributed by atoms with Gasteiger partial charge in [-0.3, -0.25) is 9.20 Å². The van der Waals surface area contributed by atoms with E-state index in [-0.39, 0.29) is 23.7 Å². The number of aliphatic hydroxyl groups is 1. The maximum atomic E-state index is 13.5. The van der Waals surface area contributed by atoms with E-state index in [0.29, 0.717) is 36.4 Å². The fraction of sp³-hybridized carbons (Fsp3) is 0.423. The third-order valence-electron chi connectivity index (χ3n) is 7.30. The lowest BCUT2D eigenvalue weighted by molar-refractivity contribution is -0.119. The lowest BCUT2D eigenvalue weighted by atomic mass is 9.97. The standard InChI is InChI=1S/C26H30N6O4S/c1-15(33)29-18-12-21(31(14-18)37(35,36)19-8-9-19)25-30-23(16-4-6-17(7-5-16)26(2,3)34)22-13-28-24-20(32(22)25)10-11-27-24/h4-7,10-11,13,18-19,21,27,34H,8-9,12,14H2,1-3H3,(H,29,33)/t18-,21-/m1/s1. The molecule has 2 atom stereocenters. The Morgan fingerprint density at radius 1 is 1.16 bits per heavy atom. The fourth-order valence-electron chi connectivity index (χ4n) is 5.33. The van der Waals surface area contributed by atoms with Crippen LogP contribution >= 0.6 is 0 Å². The first-order chi connectivity index (χ1) is 17.5. The van der Waals surface area contributed by atoms with Gasteiger partial charge in [-0.1, -0.05) is 24.3 Å². The molecule has 3 N–H and O–H groups in total. The number of imidazole rings is 1. The number of carbonyl (C=O) groups is 1. The molecule has 2 fully saturated rings. The maximum Gasteiger partial charge on any atom is 0.217 e. The number of nitrogens with zero attached hydrogens (tertiary/aromatic N) is 4. The largest absolute Gasteiger partial charge is 0.386 e. The zero-order valence-electron chi connectivity index (χ0n) is 21.0. The fourth-order valence-corrected chi connectivity index (χ4v) is 7.37. The predicted octanol–water partition coefficient (Wildman–Crippen LogP) is 2.85. The second kappa shape index (κ2) is 8.37. The van der Waals surface area contributed by atoms with E-state index in [2.05, 4.69) is 15.3 Å². The van der Waals surface area contributed by atoms with Crippen molar-refractivity contribution >= 4 is 32.6 Å². The number of aromatic nitrogens is 4. The number of aromatic amines is 1. The van der Waals surface area contributed by atoms with Crippen LogP contribution in [0.15, 0.2) is 42.7 Å². The molecule has 0 bridgehead atoms. The molecule has 3 aromatic heterocycles. The molecule has 1 amide bonds. The van der Waals surface area contributed by atoms with Gasteiger partial charge in [0, 0.05) is 31.3 Å². The van der Waals surface area contributed by atoms with Crippen molar-refractivity contribution in [3.8, 4) is 11.3 Å². The Balaban J connectivity index is 1.53. The molecule has 10 nitrogen and oxygen atoms in total. The van der Waals surface area contributed by atoms with Gasteiger partial charge in [-0.25, -0.2) is 18.4 Å². The summed E-state index contributed by atoms with van der Waals surface area (Å²) in [6, 6.07) is 8.62. The zero-order valence-corrected chi connectivity index (χ0v) is 21.8. The number of carbonyl (C=O) groups excluding carboxylic acids is 1. The number of hydrogen-bond donors (Lipinski definition) is 3. The first-order valence-electron chi connectivity index (χ1n) is 12.5. The molecule has 194 valence electrons.